The summed E-state index contributed by atoms with van der Waals surface area (Å²) in [6, 6.07) is 0. The summed E-state index contributed by atoms with van der Waals surface area (Å²) in [5.41, 5.74) is 0. The van der Waals surface area contributed by atoms with E-state index in [2.05, 4.69) is 6.58 Å². The number of carboxylic acid groups (broad SMARTS) is 1. The van der Waals surface area contributed by atoms with Crippen molar-refractivity contribution in [3.63, 3.8) is 0 Å². The van der Waals surface area contributed by atoms with Gasteiger partial charge >= 0.3 is 5.97 Å². The van der Waals surface area contributed by atoms with E-state index in [0.717, 1.165) is 37.8 Å². The standard InChI is InChI=1S/C16H26O3/c1-2-3-4-5-6-7-8-9-10-11-12-15(17)13-14-16(18)19/h2,13-14H,1,3-12H2,(H,18,19)/b14-13+. The van der Waals surface area contributed by atoms with Crippen LogP contribution in [0.3, 0.4) is 0 Å². The molecule has 1 N–H and O–H groups in total. The third kappa shape index (κ3) is 14.6. The van der Waals surface area contributed by atoms with Crippen LogP contribution in [-0.2, 0) is 9.59 Å². The van der Waals surface area contributed by atoms with Crippen LogP contribution < -0.4 is 0 Å². The van der Waals surface area contributed by atoms with E-state index < -0.39 is 5.97 Å². The van der Waals surface area contributed by atoms with E-state index in [4.69, 9.17) is 5.11 Å². The summed E-state index contributed by atoms with van der Waals surface area (Å²) in [6.07, 6.45) is 15.0. The molecule has 19 heavy (non-hydrogen) atoms. The topological polar surface area (TPSA) is 54.4 Å². The molecule has 108 valence electrons. The second-order valence-corrected chi connectivity index (χ2v) is 4.79. The molecular formula is C16H26O3. The summed E-state index contributed by atoms with van der Waals surface area (Å²) in [4.78, 5) is 21.4. The van der Waals surface area contributed by atoms with Crippen LogP contribution >= 0.6 is 0 Å². The molecule has 0 aliphatic heterocycles. The minimum atomic E-state index is -1.06. The molecule has 0 rings (SSSR count). The zero-order chi connectivity index (χ0) is 14.3. The van der Waals surface area contributed by atoms with Gasteiger partial charge < -0.3 is 5.11 Å². The first-order valence-corrected chi connectivity index (χ1v) is 7.21. The molecule has 0 saturated heterocycles. The first-order chi connectivity index (χ1) is 9.16. The highest BCUT2D eigenvalue weighted by Gasteiger charge is 1.98. The average Bonchev–Trinajstić information content (AvgIpc) is 2.38. The van der Waals surface area contributed by atoms with Crippen molar-refractivity contribution in [3.8, 4) is 0 Å². The van der Waals surface area contributed by atoms with Crippen molar-refractivity contribution in [1.29, 1.82) is 0 Å². The van der Waals surface area contributed by atoms with E-state index in [1.807, 2.05) is 6.08 Å². The van der Waals surface area contributed by atoms with Gasteiger partial charge in [-0.25, -0.2) is 4.79 Å². The maximum Gasteiger partial charge on any atom is 0.328 e. The summed E-state index contributed by atoms with van der Waals surface area (Å²) in [7, 11) is 0. The Morgan fingerprint density at radius 3 is 1.89 bits per heavy atom. The summed E-state index contributed by atoms with van der Waals surface area (Å²) in [6.45, 7) is 3.70. The maximum absolute atomic E-state index is 11.2. The van der Waals surface area contributed by atoms with Crippen LogP contribution in [0.15, 0.2) is 24.8 Å². The number of aliphatic carboxylic acids is 1. The Bertz CT molecular complexity index is 292. The van der Waals surface area contributed by atoms with Crippen LogP contribution in [0.2, 0.25) is 0 Å². The molecule has 0 bridgehead atoms. The number of hydrogen-bond donors (Lipinski definition) is 1. The van der Waals surface area contributed by atoms with E-state index in [-0.39, 0.29) is 5.78 Å². The van der Waals surface area contributed by atoms with Gasteiger partial charge in [0.15, 0.2) is 5.78 Å². The van der Waals surface area contributed by atoms with Gasteiger partial charge in [-0.15, -0.1) is 6.58 Å². The molecule has 0 radical (unpaired) electrons. The van der Waals surface area contributed by atoms with Crippen molar-refractivity contribution >= 4 is 11.8 Å². The van der Waals surface area contributed by atoms with Gasteiger partial charge in [0.05, 0.1) is 0 Å². The zero-order valence-electron chi connectivity index (χ0n) is 11.8. The van der Waals surface area contributed by atoms with Gasteiger partial charge in [0.2, 0.25) is 0 Å². The smallest absolute Gasteiger partial charge is 0.328 e. The molecule has 3 heteroatoms. The first-order valence-electron chi connectivity index (χ1n) is 7.21. The second kappa shape index (κ2) is 13.1. The van der Waals surface area contributed by atoms with Crippen molar-refractivity contribution in [3.05, 3.63) is 24.8 Å². The number of rotatable bonds is 13. The predicted molar refractivity (Wildman–Crippen MR) is 78.1 cm³/mol. The molecule has 0 spiro atoms. The van der Waals surface area contributed by atoms with Gasteiger partial charge in [-0.3, -0.25) is 4.79 Å². The van der Waals surface area contributed by atoms with Crippen molar-refractivity contribution < 1.29 is 14.7 Å². The zero-order valence-corrected chi connectivity index (χ0v) is 11.8. The molecule has 0 aromatic rings. The van der Waals surface area contributed by atoms with Crippen molar-refractivity contribution in [1.82, 2.24) is 0 Å². The van der Waals surface area contributed by atoms with E-state index in [1.165, 1.54) is 32.1 Å². The summed E-state index contributed by atoms with van der Waals surface area (Å²) < 4.78 is 0. The summed E-state index contributed by atoms with van der Waals surface area (Å²) >= 11 is 0. The molecule has 0 heterocycles. The highest BCUT2D eigenvalue weighted by molar-refractivity contribution is 5.95. The molecule has 0 atom stereocenters. The lowest BCUT2D eigenvalue weighted by molar-refractivity contribution is -0.131. The van der Waals surface area contributed by atoms with E-state index in [0.29, 0.717) is 6.42 Å². The number of hydrogen-bond acceptors (Lipinski definition) is 2. The van der Waals surface area contributed by atoms with Gasteiger partial charge in [0.1, 0.15) is 0 Å². The minimum Gasteiger partial charge on any atom is -0.478 e. The van der Waals surface area contributed by atoms with Crippen LogP contribution in [0.1, 0.15) is 64.2 Å². The monoisotopic (exact) mass is 266 g/mol. The Labute approximate surface area is 116 Å². The maximum atomic E-state index is 11.2. The van der Waals surface area contributed by atoms with Gasteiger partial charge in [0, 0.05) is 12.5 Å². The fourth-order valence-corrected chi connectivity index (χ4v) is 1.90. The first kappa shape index (κ1) is 17.6. The Hall–Kier alpha value is -1.38. The molecule has 0 aromatic heterocycles. The number of ketones is 1. The highest BCUT2D eigenvalue weighted by atomic mass is 16.4. The Kier molecular flexibility index (Phi) is 12.1. The minimum absolute atomic E-state index is 0.0909. The van der Waals surface area contributed by atoms with Gasteiger partial charge in [-0.05, 0) is 25.3 Å². The normalized spacial score (nSPS) is 10.7. The highest BCUT2D eigenvalue weighted by Crippen LogP contribution is 2.10. The van der Waals surface area contributed by atoms with Gasteiger partial charge in [-0.1, -0.05) is 44.6 Å². The van der Waals surface area contributed by atoms with E-state index in [1.54, 1.807) is 0 Å². The summed E-state index contributed by atoms with van der Waals surface area (Å²) in [5, 5.41) is 8.36. The van der Waals surface area contributed by atoms with Crippen molar-refractivity contribution in [2.75, 3.05) is 0 Å². The Balaban J connectivity index is 3.24. The summed E-state index contributed by atoms with van der Waals surface area (Å²) in [5.74, 6) is -1.16. The van der Waals surface area contributed by atoms with E-state index >= 15 is 0 Å². The fourth-order valence-electron chi connectivity index (χ4n) is 1.90. The molecule has 0 unspecified atom stereocenters. The number of carbonyl (C=O) groups is 2. The molecule has 0 saturated carbocycles. The average molecular weight is 266 g/mol. The molecular weight excluding hydrogens is 240 g/mol. The number of carbonyl (C=O) groups excluding carboxylic acids is 1. The quantitative estimate of drug-likeness (QED) is 0.307. The second-order valence-electron chi connectivity index (χ2n) is 4.79. The van der Waals surface area contributed by atoms with Crippen molar-refractivity contribution in [2.45, 2.75) is 64.2 Å². The molecule has 0 aromatic carbocycles. The number of unbranched alkanes of at least 4 members (excludes halogenated alkanes) is 8. The van der Waals surface area contributed by atoms with Crippen LogP contribution in [-0.4, -0.2) is 16.9 Å². The molecule has 0 amide bonds. The van der Waals surface area contributed by atoms with Crippen LogP contribution in [0.5, 0.6) is 0 Å². The lowest BCUT2D eigenvalue weighted by atomic mass is 10.1. The molecule has 0 fully saturated rings. The lowest BCUT2D eigenvalue weighted by Crippen LogP contribution is -1.95. The Morgan fingerprint density at radius 1 is 0.842 bits per heavy atom. The molecule has 0 aliphatic carbocycles. The van der Waals surface area contributed by atoms with E-state index in [9.17, 15) is 9.59 Å². The number of allylic oxidation sites excluding steroid dienone is 2. The molecule has 0 aliphatic rings. The lowest BCUT2D eigenvalue weighted by Gasteiger charge is -2.01. The third-order valence-corrected chi connectivity index (χ3v) is 2.99. The Morgan fingerprint density at radius 2 is 1.37 bits per heavy atom. The fraction of sp³-hybridized carbons (Fsp3) is 0.625. The van der Waals surface area contributed by atoms with Crippen LogP contribution in [0.25, 0.3) is 0 Å². The van der Waals surface area contributed by atoms with Gasteiger partial charge in [-0.2, -0.15) is 0 Å². The van der Waals surface area contributed by atoms with Gasteiger partial charge in [0.25, 0.3) is 0 Å². The molecule has 3 nitrogen and oxygen atoms in total. The van der Waals surface area contributed by atoms with Crippen LogP contribution in [0, 0.1) is 0 Å². The third-order valence-electron chi connectivity index (χ3n) is 2.99. The number of carboxylic acids is 1. The largest absolute Gasteiger partial charge is 0.478 e. The van der Waals surface area contributed by atoms with Crippen molar-refractivity contribution in [2.24, 2.45) is 0 Å². The SMILES string of the molecule is C=CCCCCCCCCCCC(=O)/C=C/C(=O)O. The predicted octanol–water partition coefficient (Wildman–Crippen LogP) is 4.28. The van der Waals surface area contributed by atoms with Crippen LogP contribution in [0.4, 0.5) is 0 Å².